The van der Waals surface area contributed by atoms with Crippen molar-refractivity contribution in [2.24, 2.45) is 5.73 Å². The first-order chi connectivity index (χ1) is 8.31. The van der Waals surface area contributed by atoms with Gasteiger partial charge in [-0.15, -0.1) is 0 Å². The predicted molar refractivity (Wildman–Crippen MR) is 58.5 cm³/mol. The molecule has 9 nitrogen and oxygen atoms in total. The molecule has 1 atom stereocenters. The Balaban J connectivity index is 2.66. The van der Waals surface area contributed by atoms with Crippen LogP contribution >= 0.6 is 0 Å². The number of nitrogens with two attached hydrogens (primary N) is 1. The Hall–Kier alpha value is -2.16. The van der Waals surface area contributed by atoms with Gasteiger partial charge in [0.15, 0.2) is 0 Å². The summed E-state index contributed by atoms with van der Waals surface area (Å²) >= 11 is 0. The zero-order chi connectivity index (χ0) is 13.9. The van der Waals surface area contributed by atoms with Gasteiger partial charge >= 0.3 is 12.1 Å². The lowest BCUT2D eigenvalue weighted by Crippen LogP contribution is -2.57. The molecule has 0 aromatic carbocycles. The molecule has 1 rings (SSSR count). The molecule has 1 fully saturated rings. The van der Waals surface area contributed by atoms with Gasteiger partial charge in [-0.3, -0.25) is 19.8 Å². The van der Waals surface area contributed by atoms with Gasteiger partial charge in [0, 0.05) is 12.6 Å². The molecule has 18 heavy (non-hydrogen) atoms. The lowest BCUT2D eigenvalue weighted by atomic mass is 10.2. The molecular formula is C9H14N4O5. The van der Waals surface area contributed by atoms with Crippen LogP contribution in [0.4, 0.5) is 9.59 Å². The molecule has 4 N–H and O–H groups in total. The van der Waals surface area contributed by atoms with Crippen molar-refractivity contribution >= 4 is 23.9 Å². The van der Waals surface area contributed by atoms with E-state index in [1.807, 2.05) is 0 Å². The number of amides is 5. The highest BCUT2D eigenvalue weighted by Crippen LogP contribution is 2.05. The number of imide groups is 2. The number of urea groups is 1. The first-order valence-corrected chi connectivity index (χ1v) is 5.18. The third-order valence-corrected chi connectivity index (χ3v) is 2.54. The first kappa shape index (κ1) is 13.9. The second-order valence-electron chi connectivity index (χ2n) is 3.96. The number of piperazine rings is 1. The van der Waals surface area contributed by atoms with Crippen LogP contribution in [-0.4, -0.2) is 64.5 Å². The minimum Gasteiger partial charge on any atom is -0.465 e. The summed E-state index contributed by atoms with van der Waals surface area (Å²) in [7, 11) is 0. The minimum atomic E-state index is -1.47. The normalized spacial score (nSPS) is 18.1. The van der Waals surface area contributed by atoms with Crippen LogP contribution in [-0.2, 0) is 9.59 Å². The topological polar surface area (TPSA) is 133 Å². The first-order valence-electron chi connectivity index (χ1n) is 5.18. The Morgan fingerprint density at radius 2 is 1.94 bits per heavy atom. The molecular weight excluding hydrogens is 244 g/mol. The lowest BCUT2D eigenvalue weighted by molar-refractivity contribution is -0.136. The van der Waals surface area contributed by atoms with E-state index in [0.717, 1.165) is 0 Å². The maximum absolute atomic E-state index is 11.1. The third-order valence-electron chi connectivity index (χ3n) is 2.54. The Bertz CT molecular complexity index is 366. The average Bonchev–Trinajstić information content (AvgIpc) is 2.23. The van der Waals surface area contributed by atoms with E-state index in [0.29, 0.717) is 4.90 Å². The fourth-order valence-corrected chi connectivity index (χ4v) is 1.61. The van der Waals surface area contributed by atoms with Crippen molar-refractivity contribution in [2.45, 2.75) is 13.0 Å². The van der Waals surface area contributed by atoms with E-state index in [9.17, 15) is 19.2 Å². The molecule has 0 bridgehead atoms. The van der Waals surface area contributed by atoms with Crippen LogP contribution in [0.25, 0.3) is 0 Å². The van der Waals surface area contributed by atoms with E-state index >= 15 is 0 Å². The number of hydrogen-bond acceptors (Lipinski definition) is 5. The Morgan fingerprint density at radius 3 is 2.33 bits per heavy atom. The highest BCUT2D eigenvalue weighted by molar-refractivity contribution is 5.99. The van der Waals surface area contributed by atoms with Crippen molar-refractivity contribution in [3.8, 4) is 0 Å². The molecule has 0 aromatic rings. The van der Waals surface area contributed by atoms with Gasteiger partial charge < -0.3 is 10.8 Å². The Labute approximate surface area is 103 Å². The van der Waals surface area contributed by atoms with Gasteiger partial charge in [-0.05, 0) is 6.92 Å². The summed E-state index contributed by atoms with van der Waals surface area (Å²) in [6.07, 6.45) is -1.47. The van der Waals surface area contributed by atoms with Crippen molar-refractivity contribution < 1.29 is 24.3 Å². The highest BCUT2D eigenvalue weighted by Gasteiger charge is 2.29. The number of primary amides is 1. The molecule has 1 heterocycles. The Kier molecular flexibility index (Phi) is 4.21. The molecule has 1 unspecified atom stereocenters. The summed E-state index contributed by atoms with van der Waals surface area (Å²) in [5.41, 5.74) is 4.91. The van der Waals surface area contributed by atoms with Crippen LogP contribution in [0.5, 0.6) is 0 Å². The van der Waals surface area contributed by atoms with Crippen molar-refractivity contribution in [1.82, 2.24) is 15.1 Å². The molecule has 0 radical (unpaired) electrons. The zero-order valence-corrected chi connectivity index (χ0v) is 9.75. The van der Waals surface area contributed by atoms with Crippen molar-refractivity contribution in [3.05, 3.63) is 0 Å². The van der Waals surface area contributed by atoms with Gasteiger partial charge in [0.1, 0.15) is 0 Å². The van der Waals surface area contributed by atoms with Crippen LogP contribution in [0.2, 0.25) is 0 Å². The van der Waals surface area contributed by atoms with Crippen LogP contribution in [0, 0.1) is 0 Å². The van der Waals surface area contributed by atoms with Crippen LogP contribution in [0.3, 0.4) is 0 Å². The van der Waals surface area contributed by atoms with Gasteiger partial charge in [-0.2, -0.15) is 0 Å². The number of carbonyl (C=O) groups is 4. The maximum atomic E-state index is 11.1. The van der Waals surface area contributed by atoms with Gasteiger partial charge in [-0.25, -0.2) is 14.5 Å². The van der Waals surface area contributed by atoms with Crippen LogP contribution in [0.15, 0.2) is 0 Å². The lowest BCUT2D eigenvalue weighted by Gasteiger charge is -2.32. The quantitative estimate of drug-likeness (QED) is 0.522. The Morgan fingerprint density at radius 1 is 1.44 bits per heavy atom. The number of carbonyl (C=O) groups excluding carboxylic acids is 3. The molecule has 100 valence electrons. The van der Waals surface area contributed by atoms with Gasteiger partial charge in [0.2, 0.25) is 11.8 Å². The fraction of sp³-hybridized carbons (Fsp3) is 0.556. The largest absolute Gasteiger partial charge is 0.465 e. The second kappa shape index (κ2) is 5.45. The number of rotatable bonds is 3. The number of hydrogen-bond donors (Lipinski definition) is 3. The van der Waals surface area contributed by atoms with E-state index in [-0.39, 0.29) is 19.6 Å². The standard InChI is InChI=1S/C9H14N4O5/c1-5(2-13(8(10)16)9(17)18)12-3-6(14)11-7(15)4-12/h5H,2-4H2,1H3,(H2,10,16)(H,17,18)(H,11,14,15). The molecule has 0 spiro atoms. The fourth-order valence-electron chi connectivity index (χ4n) is 1.61. The van der Waals surface area contributed by atoms with Gasteiger partial charge in [0.05, 0.1) is 13.1 Å². The zero-order valence-electron chi connectivity index (χ0n) is 9.75. The summed E-state index contributed by atoms with van der Waals surface area (Å²) in [6, 6.07) is -1.58. The van der Waals surface area contributed by atoms with E-state index in [1.165, 1.54) is 4.90 Å². The summed E-state index contributed by atoms with van der Waals surface area (Å²) in [6.45, 7) is 1.34. The van der Waals surface area contributed by atoms with Crippen molar-refractivity contribution in [2.75, 3.05) is 19.6 Å². The molecule has 0 aromatic heterocycles. The summed E-state index contributed by atoms with van der Waals surface area (Å²) in [4.78, 5) is 45.8. The minimum absolute atomic E-state index is 0.0286. The van der Waals surface area contributed by atoms with Crippen molar-refractivity contribution in [1.29, 1.82) is 0 Å². The summed E-state index contributed by atoms with van der Waals surface area (Å²) in [5, 5.41) is 10.9. The molecule has 0 aliphatic carbocycles. The van der Waals surface area contributed by atoms with E-state index in [2.05, 4.69) is 5.32 Å². The molecule has 5 amide bonds. The van der Waals surface area contributed by atoms with E-state index < -0.39 is 30.0 Å². The number of nitrogens with zero attached hydrogens (tertiary/aromatic N) is 2. The van der Waals surface area contributed by atoms with Crippen LogP contribution in [0.1, 0.15) is 6.92 Å². The summed E-state index contributed by atoms with van der Waals surface area (Å²) < 4.78 is 0. The number of nitrogens with one attached hydrogen (secondary N) is 1. The monoisotopic (exact) mass is 258 g/mol. The average molecular weight is 258 g/mol. The maximum Gasteiger partial charge on any atom is 0.415 e. The molecule has 1 aliphatic rings. The highest BCUT2D eigenvalue weighted by atomic mass is 16.4. The summed E-state index contributed by atoms with van der Waals surface area (Å²) in [5.74, 6) is -0.918. The SMILES string of the molecule is CC(CN(C(N)=O)C(=O)O)N1CC(=O)NC(=O)C1. The molecule has 1 aliphatic heterocycles. The predicted octanol–water partition coefficient (Wildman–Crippen LogP) is -1.61. The van der Waals surface area contributed by atoms with Crippen LogP contribution < -0.4 is 11.1 Å². The second-order valence-corrected chi connectivity index (χ2v) is 3.96. The van der Waals surface area contributed by atoms with Gasteiger partial charge in [0.25, 0.3) is 0 Å². The number of carboxylic acid groups (broad SMARTS) is 1. The molecule has 1 saturated heterocycles. The van der Waals surface area contributed by atoms with E-state index in [4.69, 9.17) is 10.8 Å². The smallest absolute Gasteiger partial charge is 0.415 e. The van der Waals surface area contributed by atoms with E-state index in [1.54, 1.807) is 6.92 Å². The molecule has 0 saturated carbocycles. The van der Waals surface area contributed by atoms with Gasteiger partial charge in [-0.1, -0.05) is 0 Å². The van der Waals surface area contributed by atoms with Crippen molar-refractivity contribution in [3.63, 3.8) is 0 Å². The molecule has 9 heteroatoms. The third kappa shape index (κ3) is 3.42.